The van der Waals surface area contributed by atoms with Gasteiger partial charge in [-0.1, -0.05) is 12.8 Å². The van der Waals surface area contributed by atoms with Crippen LogP contribution in [0.25, 0.3) is 21.5 Å². The Bertz CT molecular complexity index is 1310. The van der Waals surface area contributed by atoms with Crippen LogP contribution in [0.1, 0.15) is 58.3 Å². The molecular weight excluding hydrogens is 428 g/mol. The summed E-state index contributed by atoms with van der Waals surface area (Å²) in [6, 6.07) is 2.72. The molecule has 0 saturated heterocycles. The minimum atomic E-state index is -0.478. The number of fused-ring (bicyclic) bond motifs is 2. The van der Waals surface area contributed by atoms with Gasteiger partial charge in [-0.3, -0.25) is 33.1 Å². The van der Waals surface area contributed by atoms with Crippen LogP contribution in [0.15, 0.2) is 31.3 Å². The summed E-state index contributed by atoms with van der Waals surface area (Å²) >= 11 is 0. The predicted octanol–water partition coefficient (Wildman–Crippen LogP) is 1.80. The lowest BCUT2D eigenvalue weighted by molar-refractivity contribution is -0.140. The number of esters is 1. The van der Waals surface area contributed by atoms with Crippen LogP contribution < -0.4 is 22.2 Å². The molecular formula is C24H28N2O7. The molecule has 0 bridgehead atoms. The van der Waals surface area contributed by atoms with Crippen LogP contribution in [0, 0.1) is 0 Å². The standard InChI is InChI=1S/C24H28N2O7/c1-15(27)9-5-3-7-11-25-21(29)16-13-18-19(14-17(16)22(25)30)24(32)26(23(18)31)12-8-4-6-10-20(28)33-2/h13-14H,3-12H2,1-2H3. The van der Waals surface area contributed by atoms with Crippen LogP contribution >= 0.6 is 0 Å². The van der Waals surface area contributed by atoms with Crippen molar-refractivity contribution in [3.8, 4) is 0 Å². The number of aromatic nitrogens is 2. The Balaban J connectivity index is 1.81. The lowest BCUT2D eigenvalue weighted by Crippen LogP contribution is -2.26. The lowest BCUT2D eigenvalue weighted by atomic mass is 10.1. The number of carbonyl (C=O) groups is 2. The second kappa shape index (κ2) is 10.5. The van der Waals surface area contributed by atoms with Gasteiger partial charge in [0.05, 0.1) is 28.7 Å². The summed E-state index contributed by atoms with van der Waals surface area (Å²) in [5.74, 6) is -0.195. The van der Waals surface area contributed by atoms with E-state index in [1.807, 2.05) is 0 Å². The van der Waals surface area contributed by atoms with Gasteiger partial charge in [0, 0.05) is 25.9 Å². The number of methoxy groups -OCH3 is 1. The topological polar surface area (TPSA) is 122 Å². The van der Waals surface area contributed by atoms with E-state index in [2.05, 4.69) is 4.74 Å². The summed E-state index contributed by atoms with van der Waals surface area (Å²) in [7, 11) is 1.32. The van der Waals surface area contributed by atoms with Gasteiger partial charge in [0.15, 0.2) is 0 Å². The van der Waals surface area contributed by atoms with E-state index in [9.17, 15) is 28.8 Å². The van der Waals surface area contributed by atoms with E-state index >= 15 is 0 Å². The van der Waals surface area contributed by atoms with E-state index in [1.165, 1.54) is 26.2 Å². The molecule has 0 radical (unpaired) electrons. The highest BCUT2D eigenvalue weighted by molar-refractivity contribution is 5.97. The van der Waals surface area contributed by atoms with Gasteiger partial charge >= 0.3 is 5.97 Å². The first-order valence-electron chi connectivity index (χ1n) is 11.2. The average Bonchev–Trinajstić information content (AvgIpc) is 3.16. The maximum absolute atomic E-state index is 12.8. The first kappa shape index (κ1) is 24.3. The van der Waals surface area contributed by atoms with Gasteiger partial charge in [-0.05, 0) is 44.7 Å². The first-order valence-corrected chi connectivity index (χ1v) is 11.2. The fourth-order valence-corrected chi connectivity index (χ4v) is 4.12. The van der Waals surface area contributed by atoms with Crippen molar-refractivity contribution < 1.29 is 14.3 Å². The van der Waals surface area contributed by atoms with Crippen molar-refractivity contribution in [2.45, 2.75) is 71.4 Å². The van der Waals surface area contributed by atoms with Crippen LogP contribution in [0.2, 0.25) is 0 Å². The van der Waals surface area contributed by atoms with E-state index in [-0.39, 0.29) is 52.8 Å². The fraction of sp³-hybridized carbons (Fsp3) is 0.500. The highest BCUT2D eigenvalue weighted by Crippen LogP contribution is 2.15. The molecule has 0 aliphatic heterocycles. The molecule has 0 fully saturated rings. The zero-order chi connectivity index (χ0) is 24.1. The first-order chi connectivity index (χ1) is 15.8. The van der Waals surface area contributed by atoms with Crippen LogP contribution in [-0.4, -0.2) is 28.0 Å². The van der Waals surface area contributed by atoms with Crippen molar-refractivity contribution in [2.24, 2.45) is 0 Å². The molecule has 2 aromatic heterocycles. The number of hydrogen-bond acceptors (Lipinski definition) is 7. The predicted molar refractivity (Wildman–Crippen MR) is 125 cm³/mol. The van der Waals surface area contributed by atoms with Crippen LogP contribution in [0.5, 0.6) is 0 Å². The molecule has 0 unspecified atom stereocenters. The highest BCUT2D eigenvalue weighted by atomic mass is 16.5. The largest absolute Gasteiger partial charge is 0.469 e. The van der Waals surface area contributed by atoms with E-state index in [0.29, 0.717) is 38.5 Å². The average molecular weight is 456 g/mol. The maximum Gasteiger partial charge on any atom is 0.305 e. The zero-order valence-corrected chi connectivity index (χ0v) is 19.0. The molecule has 0 spiro atoms. The molecule has 0 amide bonds. The summed E-state index contributed by atoms with van der Waals surface area (Å²) in [6.45, 7) is 1.96. The molecule has 3 aromatic rings. The van der Waals surface area contributed by atoms with Gasteiger partial charge in [-0.25, -0.2) is 0 Å². The van der Waals surface area contributed by atoms with Gasteiger partial charge in [0.25, 0.3) is 22.2 Å². The summed E-state index contributed by atoms with van der Waals surface area (Å²) < 4.78 is 6.85. The maximum atomic E-state index is 12.8. The molecule has 9 nitrogen and oxygen atoms in total. The fourth-order valence-electron chi connectivity index (χ4n) is 4.12. The van der Waals surface area contributed by atoms with Crippen LogP contribution in [0.3, 0.4) is 0 Å². The SMILES string of the molecule is COC(=O)CCCCCn1c(=O)c2cc3c(=O)n(CCCCCC(C)=O)c(=O)c3cc2c1=O. The Labute approximate surface area is 189 Å². The van der Waals surface area contributed by atoms with E-state index < -0.39 is 22.2 Å². The zero-order valence-electron chi connectivity index (χ0n) is 19.0. The Morgan fingerprint density at radius 1 is 0.667 bits per heavy atom. The Kier molecular flexibility index (Phi) is 7.73. The van der Waals surface area contributed by atoms with E-state index in [0.717, 1.165) is 15.6 Å². The van der Waals surface area contributed by atoms with Crippen molar-refractivity contribution in [1.82, 2.24) is 9.13 Å². The number of benzene rings is 1. The number of rotatable bonds is 12. The molecule has 0 atom stereocenters. The summed E-state index contributed by atoms with van der Waals surface area (Å²) in [5, 5.41) is 0.558. The van der Waals surface area contributed by atoms with Crippen molar-refractivity contribution in [3.63, 3.8) is 0 Å². The molecule has 0 aliphatic rings. The molecule has 9 heteroatoms. The second-order valence-electron chi connectivity index (χ2n) is 8.37. The Morgan fingerprint density at radius 3 is 1.42 bits per heavy atom. The van der Waals surface area contributed by atoms with Gasteiger partial charge in [-0.2, -0.15) is 0 Å². The third kappa shape index (κ3) is 5.18. The molecule has 176 valence electrons. The van der Waals surface area contributed by atoms with Crippen molar-refractivity contribution in [2.75, 3.05) is 7.11 Å². The number of hydrogen-bond donors (Lipinski definition) is 0. The normalized spacial score (nSPS) is 11.5. The van der Waals surface area contributed by atoms with E-state index in [4.69, 9.17) is 0 Å². The summed E-state index contributed by atoms with van der Waals surface area (Å²) in [5.41, 5.74) is -1.89. The summed E-state index contributed by atoms with van der Waals surface area (Å²) in [4.78, 5) is 73.3. The molecule has 0 aliphatic carbocycles. The van der Waals surface area contributed by atoms with Gasteiger partial charge in [0.2, 0.25) is 0 Å². The van der Waals surface area contributed by atoms with Crippen molar-refractivity contribution >= 4 is 33.3 Å². The minimum Gasteiger partial charge on any atom is -0.469 e. The van der Waals surface area contributed by atoms with Crippen molar-refractivity contribution in [1.29, 1.82) is 0 Å². The highest BCUT2D eigenvalue weighted by Gasteiger charge is 2.19. The Hall–Kier alpha value is -3.36. The molecule has 0 saturated carbocycles. The number of ketones is 1. The molecule has 1 aromatic carbocycles. The van der Waals surface area contributed by atoms with Crippen molar-refractivity contribution in [3.05, 3.63) is 53.5 Å². The molecule has 0 N–H and O–H groups in total. The van der Waals surface area contributed by atoms with Crippen LogP contribution in [0.4, 0.5) is 0 Å². The third-order valence-corrected chi connectivity index (χ3v) is 5.96. The van der Waals surface area contributed by atoms with Gasteiger partial charge in [0.1, 0.15) is 5.78 Å². The summed E-state index contributed by atoms with van der Waals surface area (Å²) in [6.07, 6.45) is 4.54. The quantitative estimate of drug-likeness (QED) is 0.301. The number of Topliss-reactive ketones (excluding diaryl/α,β-unsaturated/α-hetero) is 1. The molecule has 33 heavy (non-hydrogen) atoms. The van der Waals surface area contributed by atoms with Crippen LogP contribution in [-0.2, 0) is 27.4 Å². The van der Waals surface area contributed by atoms with E-state index in [1.54, 1.807) is 0 Å². The number of unbranched alkanes of at least 4 members (excludes halogenated alkanes) is 4. The minimum absolute atomic E-state index is 0.106. The number of carbonyl (C=O) groups excluding carboxylic acids is 2. The number of nitrogens with zero attached hydrogens (tertiary/aromatic N) is 2. The third-order valence-electron chi connectivity index (χ3n) is 5.96. The number of ether oxygens (including phenoxy) is 1. The smallest absolute Gasteiger partial charge is 0.305 e. The van der Waals surface area contributed by atoms with Gasteiger partial charge < -0.3 is 9.53 Å². The monoisotopic (exact) mass is 456 g/mol. The molecule has 2 heterocycles. The lowest BCUT2D eigenvalue weighted by Gasteiger charge is -2.01. The van der Waals surface area contributed by atoms with Gasteiger partial charge in [-0.15, -0.1) is 0 Å². The Morgan fingerprint density at radius 2 is 1.06 bits per heavy atom. The molecule has 3 rings (SSSR count). The second-order valence-corrected chi connectivity index (χ2v) is 8.37.